The molecule has 1 amide bonds. The highest BCUT2D eigenvalue weighted by Gasteiger charge is 2.18. The highest BCUT2D eigenvalue weighted by molar-refractivity contribution is 7.98. The number of hydrogen-bond acceptors (Lipinski definition) is 5. The van der Waals surface area contributed by atoms with Gasteiger partial charge in [0.2, 0.25) is 0 Å². The van der Waals surface area contributed by atoms with Crippen LogP contribution in [0.4, 0.5) is 4.39 Å². The van der Waals surface area contributed by atoms with E-state index in [1.807, 2.05) is 0 Å². The van der Waals surface area contributed by atoms with Gasteiger partial charge >= 0.3 is 0 Å². The van der Waals surface area contributed by atoms with Gasteiger partial charge < -0.3 is 10.1 Å². The van der Waals surface area contributed by atoms with Crippen LogP contribution < -0.4 is 10.1 Å². The quantitative estimate of drug-likeness (QED) is 0.293. The maximum Gasteiger partial charge on any atom is 0.251 e. The average Bonchev–Trinajstić information content (AvgIpc) is 3.24. The Kier molecular flexibility index (Phi) is 7.72. The minimum absolute atomic E-state index is 0.110. The van der Waals surface area contributed by atoms with Crippen LogP contribution in [-0.4, -0.2) is 27.8 Å². The summed E-state index contributed by atoms with van der Waals surface area (Å²) in [6.45, 7) is 0.110. The standard InChI is InChI=1S/C24H19Cl2FN4O2S/c1-33-19-4-2-3-16(11-19)23(32)28-13-22-29-30-24(34-14-15-5-8-18(27)9-6-15)31(22)21-10-7-17(25)12-20(21)26/h2-12H,13-14H2,1H3,(H,28,32). The van der Waals surface area contributed by atoms with E-state index >= 15 is 0 Å². The summed E-state index contributed by atoms with van der Waals surface area (Å²) in [5.41, 5.74) is 2.01. The topological polar surface area (TPSA) is 69.0 Å². The van der Waals surface area contributed by atoms with Crippen LogP contribution in [0.25, 0.3) is 5.69 Å². The van der Waals surface area contributed by atoms with Gasteiger partial charge in [0.1, 0.15) is 11.6 Å². The van der Waals surface area contributed by atoms with Crippen molar-refractivity contribution >= 4 is 40.9 Å². The van der Waals surface area contributed by atoms with E-state index in [0.717, 1.165) is 5.56 Å². The fraction of sp³-hybridized carbons (Fsp3) is 0.125. The predicted octanol–water partition coefficient (Wildman–Crippen LogP) is 5.94. The normalized spacial score (nSPS) is 10.8. The Morgan fingerprint density at radius 1 is 1.09 bits per heavy atom. The second kappa shape index (κ2) is 10.9. The maximum absolute atomic E-state index is 13.2. The van der Waals surface area contributed by atoms with Crippen molar-refractivity contribution in [1.82, 2.24) is 20.1 Å². The fourth-order valence-electron chi connectivity index (χ4n) is 3.17. The molecule has 0 unspecified atom stereocenters. The molecule has 4 rings (SSSR count). The van der Waals surface area contributed by atoms with Crippen molar-refractivity contribution in [2.75, 3.05) is 7.11 Å². The smallest absolute Gasteiger partial charge is 0.251 e. The molecule has 0 fully saturated rings. The summed E-state index contributed by atoms with van der Waals surface area (Å²) in [5.74, 6) is 1.04. The van der Waals surface area contributed by atoms with E-state index in [1.54, 1.807) is 66.3 Å². The summed E-state index contributed by atoms with van der Waals surface area (Å²) in [5, 5.41) is 12.9. The number of amides is 1. The molecule has 6 nitrogen and oxygen atoms in total. The average molecular weight is 517 g/mol. The van der Waals surface area contributed by atoms with E-state index in [-0.39, 0.29) is 18.3 Å². The van der Waals surface area contributed by atoms with Gasteiger partial charge in [-0.3, -0.25) is 9.36 Å². The van der Waals surface area contributed by atoms with Crippen LogP contribution in [0.3, 0.4) is 0 Å². The van der Waals surface area contributed by atoms with Crippen LogP contribution in [0.15, 0.2) is 71.9 Å². The zero-order valence-electron chi connectivity index (χ0n) is 18.0. The molecule has 1 aromatic heterocycles. The Morgan fingerprint density at radius 2 is 1.88 bits per heavy atom. The number of carbonyl (C=O) groups is 1. The van der Waals surface area contributed by atoms with Crippen molar-refractivity contribution in [2.45, 2.75) is 17.5 Å². The number of hydrogen-bond donors (Lipinski definition) is 1. The van der Waals surface area contributed by atoms with E-state index in [2.05, 4.69) is 15.5 Å². The molecule has 0 atom stereocenters. The van der Waals surface area contributed by atoms with E-state index in [9.17, 15) is 9.18 Å². The van der Waals surface area contributed by atoms with Gasteiger partial charge in [-0.05, 0) is 54.1 Å². The molecule has 4 aromatic rings. The Morgan fingerprint density at radius 3 is 2.62 bits per heavy atom. The number of halogens is 3. The van der Waals surface area contributed by atoms with E-state index < -0.39 is 0 Å². The molecule has 0 aliphatic carbocycles. The molecule has 1 N–H and O–H groups in total. The lowest BCUT2D eigenvalue weighted by Crippen LogP contribution is -2.24. The van der Waals surface area contributed by atoms with Crippen molar-refractivity contribution < 1.29 is 13.9 Å². The minimum Gasteiger partial charge on any atom is -0.497 e. The van der Waals surface area contributed by atoms with Crippen LogP contribution in [0.1, 0.15) is 21.7 Å². The SMILES string of the molecule is COc1cccc(C(=O)NCc2nnc(SCc3ccc(F)cc3)n2-c2ccc(Cl)cc2Cl)c1. The van der Waals surface area contributed by atoms with Crippen molar-refractivity contribution in [3.63, 3.8) is 0 Å². The monoisotopic (exact) mass is 516 g/mol. The molecule has 0 radical (unpaired) electrons. The summed E-state index contributed by atoms with van der Waals surface area (Å²) in [6.07, 6.45) is 0. The van der Waals surface area contributed by atoms with Crippen molar-refractivity contribution in [3.05, 3.63) is 99.5 Å². The zero-order chi connectivity index (χ0) is 24.1. The molecule has 10 heteroatoms. The first kappa shape index (κ1) is 24.1. The van der Waals surface area contributed by atoms with Crippen LogP contribution >= 0.6 is 35.0 Å². The number of nitrogens with one attached hydrogen (secondary N) is 1. The largest absolute Gasteiger partial charge is 0.497 e. The number of benzene rings is 3. The van der Waals surface area contributed by atoms with Crippen molar-refractivity contribution in [1.29, 1.82) is 0 Å². The molecule has 0 aliphatic rings. The summed E-state index contributed by atoms with van der Waals surface area (Å²) in [4.78, 5) is 12.7. The molecular weight excluding hydrogens is 498 g/mol. The molecule has 3 aromatic carbocycles. The number of ether oxygens (including phenoxy) is 1. The number of thioether (sulfide) groups is 1. The summed E-state index contributed by atoms with van der Waals surface area (Å²) in [7, 11) is 1.54. The minimum atomic E-state index is -0.293. The molecule has 0 saturated heterocycles. The van der Waals surface area contributed by atoms with Crippen LogP contribution in [0.2, 0.25) is 10.0 Å². The van der Waals surface area contributed by atoms with Crippen molar-refractivity contribution in [2.24, 2.45) is 0 Å². The lowest BCUT2D eigenvalue weighted by atomic mass is 10.2. The molecular formula is C24H19Cl2FN4O2S. The van der Waals surface area contributed by atoms with Gasteiger partial charge in [0.25, 0.3) is 5.91 Å². The highest BCUT2D eigenvalue weighted by atomic mass is 35.5. The van der Waals surface area contributed by atoms with Crippen LogP contribution in [0.5, 0.6) is 5.75 Å². The maximum atomic E-state index is 13.2. The molecule has 0 saturated carbocycles. The summed E-state index contributed by atoms with van der Waals surface area (Å²) in [6, 6.07) is 18.2. The van der Waals surface area contributed by atoms with Crippen LogP contribution in [-0.2, 0) is 12.3 Å². The first-order valence-corrected chi connectivity index (χ1v) is 11.9. The predicted molar refractivity (Wildman–Crippen MR) is 132 cm³/mol. The lowest BCUT2D eigenvalue weighted by molar-refractivity contribution is 0.0949. The van der Waals surface area contributed by atoms with Gasteiger partial charge in [-0.15, -0.1) is 10.2 Å². The Labute approximate surface area is 210 Å². The van der Waals surface area contributed by atoms with Gasteiger partial charge in [-0.25, -0.2) is 4.39 Å². The third-order valence-electron chi connectivity index (χ3n) is 4.87. The van der Waals surface area contributed by atoms with Gasteiger partial charge in [-0.2, -0.15) is 0 Å². The molecule has 34 heavy (non-hydrogen) atoms. The molecule has 0 aliphatic heterocycles. The molecule has 0 bridgehead atoms. The van der Waals surface area contributed by atoms with E-state index in [0.29, 0.717) is 43.8 Å². The second-order valence-electron chi connectivity index (χ2n) is 7.16. The van der Waals surface area contributed by atoms with Crippen LogP contribution in [0, 0.1) is 5.82 Å². The van der Waals surface area contributed by atoms with Gasteiger partial charge in [0, 0.05) is 16.3 Å². The van der Waals surface area contributed by atoms with E-state index in [1.165, 1.54) is 23.9 Å². The van der Waals surface area contributed by atoms with Gasteiger partial charge in [0.15, 0.2) is 11.0 Å². The Balaban J connectivity index is 1.59. The first-order valence-electron chi connectivity index (χ1n) is 10.1. The van der Waals surface area contributed by atoms with Crippen molar-refractivity contribution in [3.8, 4) is 11.4 Å². The number of nitrogens with zero attached hydrogens (tertiary/aromatic N) is 3. The lowest BCUT2D eigenvalue weighted by Gasteiger charge is -2.13. The number of methoxy groups -OCH3 is 1. The zero-order valence-corrected chi connectivity index (χ0v) is 20.3. The third kappa shape index (κ3) is 5.70. The second-order valence-corrected chi connectivity index (χ2v) is 8.95. The molecule has 174 valence electrons. The number of aromatic nitrogens is 3. The Hall–Kier alpha value is -3.07. The third-order valence-corrected chi connectivity index (χ3v) is 6.41. The fourth-order valence-corrected chi connectivity index (χ4v) is 4.58. The highest BCUT2D eigenvalue weighted by Crippen LogP contribution is 2.30. The van der Waals surface area contributed by atoms with E-state index in [4.69, 9.17) is 27.9 Å². The number of rotatable bonds is 8. The first-order chi connectivity index (χ1) is 16.4. The summed E-state index contributed by atoms with van der Waals surface area (Å²) < 4.78 is 20.2. The number of carbonyl (C=O) groups excluding carboxylic acids is 1. The van der Waals surface area contributed by atoms with Gasteiger partial charge in [0.05, 0.1) is 24.4 Å². The molecule has 1 heterocycles. The molecule has 0 spiro atoms. The summed E-state index contributed by atoms with van der Waals surface area (Å²) >= 11 is 14.0. The Bertz CT molecular complexity index is 1310. The van der Waals surface area contributed by atoms with Gasteiger partial charge in [-0.1, -0.05) is 53.2 Å².